The molecule has 1 N–H and O–H groups in total. The lowest BCUT2D eigenvalue weighted by Gasteiger charge is -2.36. The molecule has 1 atom stereocenters. The summed E-state index contributed by atoms with van der Waals surface area (Å²) in [5, 5.41) is 3.39. The van der Waals surface area contributed by atoms with E-state index in [0.717, 1.165) is 42.1 Å². The van der Waals surface area contributed by atoms with E-state index in [1.807, 2.05) is 6.07 Å². The Balaban J connectivity index is 1.85. The van der Waals surface area contributed by atoms with Gasteiger partial charge in [0, 0.05) is 36.7 Å². The van der Waals surface area contributed by atoms with Gasteiger partial charge in [0.1, 0.15) is 5.82 Å². The summed E-state index contributed by atoms with van der Waals surface area (Å²) in [7, 11) is 0. The molecule has 104 valence electrons. The Labute approximate surface area is 122 Å². The van der Waals surface area contributed by atoms with Crippen LogP contribution < -0.4 is 5.32 Å². The lowest BCUT2D eigenvalue weighted by molar-refractivity contribution is 0.160. The molecule has 2 aliphatic rings. The van der Waals surface area contributed by atoms with Gasteiger partial charge in [-0.2, -0.15) is 0 Å². The fourth-order valence-corrected chi connectivity index (χ4v) is 3.42. The van der Waals surface area contributed by atoms with Crippen LogP contribution in [0.2, 0.25) is 0 Å². The van der Waals surface area contributed by atoms with Gasteiger partial charge in [0.2, 0.25) is 0 Å². The van der Waals surface area contributed by atoms with Crippen LogP contribution in [0.5, 0.6) is 0 Å². The molecule has 4 heteroatoms. The summed E-state index contributed by atoms with van der Waals surface area (Å²) in [5.74, 6) is 0.712. The van der Waals surface area contributed by atoms with E-state index in [9.17, 15) is 4.39 Å². The van der Waals surface area contributed by atoms with Gasteiger partial charge < -0.3 is 5.32 Å². The van der Waals surface area contributed by atoms with Gasteiger partial charge in [-0.1, -0.05) is 28.8 Å². The van der Waals surface area contributed by atoms with Crippen molar-refractivity contribution in [1.29, 1.82) is 0 Å². The molecule has 19 heavy (non-hydrogen) atoms. The molecule has 0 aromatic heterocycles. The van der Waals surface area contributed by atoms with Crippen molar-refractivity contribution in [3.8, 4) is 0 Å². The minimum Gasteiger partial charge on any atom is -0.314 e. The number of rotatable bonds is 4. The molecule has 1 saturated heterocycles. The van der Waals surface area contributed by atoms with Crippen molar-refractivity contribution >= 4 is 15.9 Å². The van der Waals surface area contributed by atoms with Crippen molar-refractivity contribution in [2.24, 2.45) is 5.92 Å². The van der Waals surface area contributed by atoms with Crippen LogP contribution >= 0.6 is 15.9 Å². The van der Waals surface area contributed by atoms with Crippen molar-refractivity contribution in [3.63, 3.8) is 0 Å². The molecule has 1 heterocycles. The molecule has 1 aromatic carbocycles. The second-order valence-electron chi connectivity index (χ2n) is 5.65. The van der Waals surface area contributed by atoms with Crippen LogP contribution in [-0.2, 0) is 0 Å². The van der Waals surface area contributed by atoms with Gasteiger partial charge in [0.05, 0.1) is 0 Å². The number of piperazine rings is 1. The van der Waals surface area contributed by atoms with E-state index in [1.54, 1.807) is 6.07 Å². The SMILES string of the molecule is Fc1ccc(Br)c([C@H](CC2CC2)N2CCNCC2)c1. The van der Waals surface area contributed by atoms with E-state index in [1.165, 1.54) is 25.3 Å². The zero-order valence-electron chi connectivity index (χ0n) is 11.0. The number of nitrogens with zero attached hydrogens (tertiary/aromatic N) is 1. The maximum Gasteiger partial charge on any atom is 0.123 e. The second-order valence-corrected chi connectivity index (χ2v) is 6.50. The van der Waals surface area contributed by atoms with Crippen LogP contribution in [0.3, 0.4) is 0 Å². The standard InChI is InChI=1S/C15H20BrFN2/c16-14-4-3-12(17)10-13(14)15(9-11-1-2-11)19-7-5-18-6-8-19/h3-4,10-11,15,18H,1-2,5-9H2/t15-/m0/s1. The summed E-state index contributed by atoms with van der Waals surface area (Å²) in [6.07, 6.45) is 3.85. The quantitative estimate of drug-likeness (QED) is 0.912. The summed E-state index contributed by atoms with van der Waals surface area (Å²) in [5.41, 5.74) is 1.12. The van der Waals surface area contributed by atoms with E-state index in [2.05, 4.69) is 26.1 Å². The van der Waals surface area contributed by atoms with Gasteiger partial charge in [0.15, 0.2) is 0 Å². The first-order chi connectivity index (χ1) is 9.24. The minimum absolute atomic E-state index is 0.130. The van der Waals surface area contributed by atoms with Crippen molar-refractivity contribution in [2.75, 3.05) is 26.2 Å². The third kappa shape index (κ3) is 3.36. The molecule has 3 rings (SSSR count). The Morgan fingerprint density at radius 1 is 1.32 bits per heavy atom. The van der Waals surface area contributed by atoms with E-state index < -0.39 is 0 Å². The van der Waals surface area contributed by atoms with Gasteiger partial charge in [-0.3, -0.25) is 4.90 Å². The van der Waals surface area contributed by atoms with E-state index in [-0.39, 0.29) is 5.82 Å². The smallest absolute Gasteiger partial charge is 0.123 e. The Hall–Kier alpha value is -0.450. The molecule has 0 spiro atoms. The van der Waals surface area contributed by atoms with Gasteiger partial charge in [0.25, 0.3) is 0 Å². The molecule has 2 nitrogen and oxygen atoms in total. The average molecular weight is 327 g/mol. The predicted octanol–water partition coefficient (Wildman–Crippen LogP) is 3.33. The zero-order valence-corrected chi connectivity index (χ0v) is 12.6. The summed E-state index contributed by atoms with van der Waals surface area (Å²) in [6.45, 7) is 4.18. The van der Waals surface area contributed by atoms with Gasteiger partial charge in [-0.15, -0.1) is 0 Å². The zero-order chi connectivity index (χ0) is 13.2. The molecule has 0 unspecified atom stereocenters. The van der Waals surface area contributed by atoms with Crippen molar-refractivity contribution < 1.29 is 4.39 Å². The number of hydrogen-bond donors (Lipinski definition) is 1. The number of nitrogens with one attached hydrogen (secondary N) is 1. The molecule has 1 aliphatic carbocycles. The third-order valence-corrected chi connectivity index (χ3v) is 4.89. The van der Waals surface area contributed by atoms with Gasteiger partial charge >= 0.3 is 0 Å². The normalized spacial score (nSPS) is 22.4. The Morgan fingerprint density at radius 2 is 2.05 bits per heavy atom. The largest absolute Gasteiger partial charge is 0.314 e. The number of halogens is 2. The first-order valence-electron chi connectivity index (χ1n) is 7.14. The van der Waals surface area contributed by atoms with Gasteiger partial charge in [-0.25, -0.2) is 4.39 Å². The first kappa shape index (κ1) is 13.5. The lowest BCUT2D eigenvalue weighted by Crippen LogP contribution is -2.45. The fourth-order valence-electron chi connectivity index (χ4n) is 2.91. The average Bonchev–Trinajstić information content (AvgIpc) is 3.24. The minimum atomic E-state index is -0.130. The number of benzene rings is 1. The van der Waals surface area contributed by atoms with Crippen molar-refractivity contribution in [3.05, 3.63) is 34.1 Å². The van der Waals surface area contributed by atoms with Crippen LogP contribution in [0.1, 0.15) is 30.9 Å². The van der Waals surface area contributed by atoms with Crippen LogP contribution in [-0.4, -0.2) is 31.1 Å². The van der Waals surface area contributed by atoms with Crippen LogP contribution in [0, 0.1) is 11.7 Å². The molecule has 0 bridgehead atoms. The summed E-state index contributed by atoms with van der Waals surface area (Å²) in [4.78, 5) is 2.51. The highest BCUT2D eigenvalue weighted by Gasteiger charge is 2.31. The van der Waals surface area contributed by atoms with Crippen LogP contribution in [0.25, 0.3) is 0 Å². The number of hydrogen-bond acceptors (Lipinski definition) is 2. The fraction of sp³-hybridized carbons (Fsp3) is 0.600. The lowest BCUT2D eigenvalue weighted by atomic mass is 9.98. The molecule has 1 aliphatic heterocycles. The third-order valence-electron chi connectivity index (χ3n) is 4.16. The molecule has 1 aromatic rings. The Bertz CT molecular complexity index is 442. The highest BCUT2D eigenvalue weighted by Crippen LogP contribution is 2.41. The van der Waals surface area contributed by atoms with Gasteiger partial charge in [-0.05, 0) is 36.1 Å². The molecule has 0 radical (unpaired) electrons. The predicted molar refractivity (Wildman–Crippen MR) is 78.6 cm³/mol. The topological polar surface area (TPSA) is 15.3 Å². The van der Waals surface area contributed by atoms with E-state index in [0.29, 0.717) is 6.04 Å². The molecule has 1 saturated carbocycles. The van der Waals surface area contributed by atoms with Crippen molar-refractivity contribution in [2.45, 2.75) is 25.3 Å². The Morgan fingerprint density at radius 3 is 2.74 bits per heavy atom. The molecular weight excluding hydrogens is 307 g/mol. The van der Waals surface area contributed by atoms with Crippen molar-refractivity contribution in [1.82, 2.24) is 10.2 Å². The highest BCUT2D eigenvalue weighted by molar-refractivity contribution is 9.10. The Kier molecular flexibility index (Phi) is 4.20. The molecular formula is C15H20BrFN2. The summed E-state index contributed by atoms with van der Waals surface area (Å²) in [6, 6.07) is 5.44. The van der Waals surface area contributed by atoms with E-state index in [4.69, 9.17) is 0 Å². The summed E-state index contributed by atoms with van der Waals surface area (Å²) >= 11 is 3.60. The maximum absolute atomic E-state index is 13.6. The molecule has 2 fully saturated rings. The second kappa shape index (κ2) is 5.90. The van der Waals surface area contributed by atoms with E-state index >= 15 is 0 Å². The maximum atomic E-state index is 13.6. The first-order valence-corrected chi connectivity index (χ1v) is 7.93. The van der Waals surface area contributed by atoms with Crippen LogP contribution in [0.15, 0.2) is 22.7 Å². The molecule has 0 amide bonds. The monoisotopic (exact) mass is 326 g/mol. The van der Waals surface area contributed by atoms with Crippen LogP contribution in [0.4, 0.5) is 4.39 Å². The summed E-state index contributed by atoms with van der Waals surface area (Å²) < 4.78 is 14.6. The highest BCUT2D eigenvalue weighted by atomic mass is 79.9.